The predicted octanol–water partition coefficient (Wildman–Crippen LogP) is 3.28. The Morgan fingerprint density at radius 1 is 1.20 bits per heavy atom. The molecule has 0 radical (unpaired) electrons. The Bertz CT molecular complexity index is 626. The van der Waals surface area contributed by atoms with E-state index in [0.29, 0.717) is 11.3 Å². The number of rotatable bonds is 3. The molecule has 0 saturated carbocycles. The van der Waals surface area contributed by atoms with Crippen molar-refractivity contribution in [2.45, 2.75) is 13.0 Å². The van der Waals surface area contributed by atoms with E-state index in [9.17, 15) is 4.39 Å². The molecule has 2 N–H and O–H groups in total. The van der Waals surface area contributed by atoms with Gasteiger partial charge in [-0.1, -0.05) is 30.0 Å². The number of hydrogen-bond donors (Lipinski definition) is 1. The van der Waals surface area contributed by atoms with E-state index >= 15 is 0 Å². The first-order valence-electron chi connectivity index (χ1n) is 6.38. The Hall–Kier alpha value is -2.31. The van der Waals surface area contributed by atoms with Crippen molar-refractivity contribution in [3.63, 3.8) is 0 Å². The largest absolute Gasteiger partial charge is 0.481 e. The summed E-state index contributed by atoms with van der Waals surface area (Å²) in [4.78, 5) is 0. The lowest BCUT2D eigenvalue weighted by molar-refractivity contribution is 0.363. The van der Waals surface area contributed by atoms with Crippen LogP contribution < -0.4 is 10.5 Å². The van der Waals surface area contributed by atoms with Gasteiger partial charge in [-0.2, -0.15) is 0 Å². The van der Waals surface area contributed by atoms with Crippen molar-refractivity contribution < 1.29 is 9.13 Å². The normalized spacial score (nSPS) is 11.3. The van der Waals surface area contributed by atoms with Crippen LogP contribution in [0.25, 0.3) is 0 Å². The van der Waals surface area contributed by atoms with Gasteiger partial charge in [0.25, 0.3) is 0 Å². The van der Waals surface area contributed by atoms with Gasteiger partial charge in [0.2, 0.25) is 0 Å². The Morgan fingerprint density at radius 3 is 2.65 bits per heavy atom. The summed E-state index contributed by atoms with van der Waals surface area (Å²) in [5, 5.41) is 0. The molecule has 2 nitrogen and oxygen atoms in total. The minimum atomic E-state index is -0.319. The molecular weight excluding hydrogens is 253 g/mol. The third kappa shape index (κ3) is 3.84. The summed E-state index contributed by atoms with van der Waals surface area (Å²) in [7, 11) is 0. The highest BCUT2D eigenvalue weighted by Gasteiger charge is 2.08. The Balaban J connectivity index is 2.03. The first-order valence-corrected chi connectivity index (χ1v) is 6.38. The van der Waals surface area contributed by atoms with Crippen LogP contribution >= 0.6 is 0 Å². The van der Waals surface area contributed by atoms with Crippen molar-refractivity contribution in [2.24, 2.45) is 5.73 Å². The quantitative estimate of drug-likeness (QED) is 0.868. The van der Waals surface area contributed by atoms with E-state index < -0.39 is 0 Å². The summed E-state index contributed by atoms with van der Waals surface area (Å²) < 4.78 is 18.7. The van der Waals surface area contributed by atoms with Gasteiger partial charge in [0.1, 0.15) is 18.2 Å². The molecule has 0 heterocycles. The molecule has 2 rings (SSSR count). The van der Waals surface area contributed by atoms with Crippen molar-refractivity contribution in [1.29, 1.82) is 0 Å². The van der Waals surface area contributed by atoms with Crippen LogP contribution in [0.15, 0.2) is 48.5 Å². The number of halogens is 1. The molecule has 2 aromatic rings. The third-order valence-electron chi connectivity index (χ3n) is 2.77. The number of nitrogens with two attached hydrogens (primary N) is 1. The molecule has 0 aliphatic heterocycles. The van der Waals surface area contributed by atoms with Crippen LogP contribution in [0.5, 0.6) is 5.75 Å². The maximum Gasteiger partial charge on any atom is 0.149 e. The van der Waals surface area contributed by atoms with E-state index in [1.807, 2.05) is 30.3 Å². The van der Waals surface area contributed by atoms with Crippen LogP contribution in [0, 0.1) is 17.7 Å². The lowest BCUT2D eigenvalue weighted by atomic mass is 10.1. The van der Waals surface area contributed by atoms with Crippen molar-refractivity contribution in [3.05, 3.63) is 65.5 Å². The average molecular weight is 269 g/mol. The van der Waals surface area contributed by atoms with E-state index in [-0.39, 0.29) is 18.5 Å². The van der Waals surface area contributed by atoms with Crippen LogP contribution in [0.3, 0.4) is 0 Å². The highest BCUT2D eigenvalue weighted by molar-refractivity contribution is 5.37. The monoisotopic (exact) mass is 269 g/mol. The van der Waals surface area contributed by atoms with Crippen molar-refractivity contribution in [3.8, 4) is 17.6 Å². The van der Waals surface area contributed by atoms with Gasteiger partial charge < -0.3 is 10.5 Å². The van der Waals surface area contributed by atoms with Crippen molar-refractivity contribution in [2.75, 3.05) is 6.61 Å². The molecule has 0 aromatic heterocycles. The van der Waals surface area contributed by atoms with Gasteiger partial charge >= 0.3 is 0 Å². The Kier molecular flexibility index (Phi) is 4.75. The molecule has 3 heteroatoms. The lowest BCUT2D eigenvalue weighted by Crippen LogP contribution is -2.08. The zero-order valence-electron chi connectivity index (χ0n) is 11.3. The van der Waals surface area contributed by atoms with E-state index in [1.165, 1.54) is 12.1 Å². The third-order valence-corrected chi connectivity index (χ3v) is 2.77. The van der Waals surface area contributed by atoms with Crippen molar-refractivity contribution in [1.82, 2.24) is 0 Å². The zero-order valence-corrected chi connectivity index (χ0v) is 11.3. The fraction of sp³-hybridized carbons (Fsp3) is 0.176. The van der Waals surface area contributed by atoms with E-state index in [0.717, 1.165) is 5.56 Å². The van der Waals surface area contributed by atoms with Crippen LogP contribution in [-0.4, -0.2) is 6.61 Å². The van der Waals surface area contributed by atoms with E-state index in [1.54, 1.807) is 13.0 Å². The summed E-state index contributed by atoms with van der Waals surface area (Å²) in [6, 6.07) is 13.7. The second-order valence-electron chi connectivity index (χ2n) is 4.43. The van der Waals surface area contributed by atoms with Crippen LogP contribution in [0.1, 0.15) is 24.1 Å². The zero-order chi connectivity index (χ0) is 14.4. The highest BCUT2D eigenvalue weighted by Crippen LogP contribution is 2.24. The number of ether oxygens (including phenoxy) is 1. The van der Waals surface area contributed by atoms with Crippen LogP contribution in [0.2, 0.25) is 0 Å². The smallest absolute Gasteiger partial charge is 0.149 e. The summed E-state index contributed by atoms with van der Waals surface area (Å²) in [6.45, 7) is 2.03. The minimum Gasteiger partial charge on any atom is -0.481 e. The summed E-state index contributed by atoms with van der Waals surface area (Å²) in [5.74, 6) is 6.17. The van der Waals surface area contributed by atoms with Gasteiger partial charge in [0.15, 0.2) is 0 Å². The molecular formula is C17H16FNO. The van der Waals surface area contributed by atoms with Crippen LogP contribution in [-0.2, 0) is 0 Å². The topological polar surface area (TPSA) is 35.2 Å². The maximum absolute atomic E-state index is 13.2. The van der Waals surface area contributed by atoms with E-state index in [4.69, 9.17) is 10.5 Å². The minimum absolute atomic E-state index is 0.236. The second-order valence-corrected chi connectivity index (χ2v) is 4.43. The summed E-state index contributed by atoms with van der Waals surface area (Å²) >= 11 is 0. The van der Waals surface area contributed by atoms with Gasteiger partial charge in [-0.25, -0.2) is 4.39 Å². The van der Waals surface area contributed by atoms with Crippen LogP contribution in [0.4, 0.5) is 4.39 Å². The standard InChI is InChI=1S/C17H16FNO/c1-13(19)16-12-15(18)9-10-17(16)20-11-5-8-14-6-3-2-4-7-14/h2-4,6-7,9-10,12-13H,11,19H2,1H3/t13-/m1/s1. The fourth-order valence-corrected chi connectivity index (χ4v) is 1.78. The molecule has 0 amide bonds. The van der Waals surface area contributed by atoms with Gasteiger partial charge in [-0.15, -0.1) is 0 Å². The molecule has 0 spiro atoms. The van der Waals surface area contributed by atoms with Gasteiger partial charge in [0.05, 0.1) is 0 Å². The molecule has 0 bridgehead atoms. The molecule has 0 aliphatic carbocycles. The average Bonchev–Trinajstić information content (AvgIpc) is 2.45. The van der Waals surface area contributed by atoms with Gasteiger partial charge in [-0.3, -0.25) is 0 Å². The molecule has 0 fully saturated rings. The molecule has 0 aliphatic rings. The number of benzene rings is 2. The van der Waals surface area contributed by atoms with Gasteiger partial charge in [-0.05, 0) is 37.3 Å². The fourth-order valence-electron chi connectivity index (χ4n) is 1.78. The maximum atomic E-state index is 13.2. The molecule has 2 aromatic carbocycles. The predicted molar refractivity (Wildman–Crippen MR) is 77.8 cm³/mol. The molecule has 0 unspecified atom stereocenters. The first-order chi connectivity index (χ1) is 9.66. The molecule has 20 heavy (non-hydrogen) atoms. The molecule has 1 atom stereocenters. The van der Waals surface area contributed by atoms with Gasteiger partial charge in [0, 0.05) is 17.2 Å². The summed E-state index contributed by atoms with van der Waals surface area (Å²) in [5.41, 5.74) is 7.37. The van der Waals surface area contributed by atoms with Crippen molar-refractivity contribution >= 4 is 0 Å². The number of hydrogen-bond acceptors (Lipinski definition) is 2. The Morgan fingerprint density at radius 2 is 1.95 bits per heavy atom. The first kappa shape index (κ1) is 14.1. The Labute approximate surface area is 118 Å². The SMILES string of the molecule is C[C@@H](N)c1cc(F)ccc1OCC#Cc1ccccc1. The second kappa shape index (κ2) is 6.74. The molecule has 102 valence electrons. The lowest BCUT2D eigenvalue weighted by Gasteiger charge is -2.12. The van der Waals surface area contributed by atoms with E-state index in [2.05, 4.69) is 11.8 Å². The molecule has 0 saturated heterocycles. The summed E-state index contributed by atoms with van der Waals surface area (Å²) in [6.07, 6.45) is 0. The highest BCUT2D eigenvalue weighted by atomic mass is 19.1.